The summed E-state index contributed by atoms with van der Waals surface area (Å²) < 4.78 is 5.30. The molecule has 1 rings (SSSR count). The second kappa shape index (κ2) is 7.25. The Balaban J connectivity index is 2.86. The van der Waals surface area contributed by atoms with Crippen molar-refractivity contribution < 1.29 is 14.3 Å². The summed E-state index contributed by atoms with van der Waals surface area (Å²) in [7, 11) is 0. The molecular weight excluding hydrogens is 258 g/mol. The van der Waals surface area contributed by atoms with Crippen LogP contribution in [0.2, 0.25) is 0 Å². The number of hydrogen-bond acceptors (Lipinski definition) is 4. The molecule has 0 spiro atoms. The lowest BCUT2D eigenvalue weighted by molar-refractivity contribution is -0.151. The van der Waals surface area contributed by atoms with Gasteiger partial charge in [0.15, 0.2) is 0 Å². The van der Waals surface area contributed by atoms with Gasteiger partial charge in [-0.15, -0.1) is 0 Å². The first kappa shape index (κ1) is 16.4. The van der Waals surface area contributed by atoms with Crippen LogP contribution in [0, 0.1) is 23.2 Å². The van der Waals surface area contributed by atoms with Crippen molar-refractivity contribution in [2.75, 3.05) is 19.8 Å². The van der Waals surface area contributed by atoms with E-state index in [4.69, 9.17) is 10.00 Å². The van der Waals surface area contributed by atoms with Gasteiger partial charge in [0.2, 0.25) is 11.8 Å². The normalized spacial score (nSPS) is 20.6. The summed E-state index contributed by atoms with van der Waals surface area (Å²) in [5.41, 5.74) is 0. The first-order chi connectivity index (χ1) is 9.38. The molecule has 6 nitrogen and oxygen atoms in total. The predicted octanol–water partition coefficient (Wildman–Crippen LogP) is 0.534. The zero-order valence-electron chi connectivity index (χ0n) is 12.5. The quantitative estimate of drug-likeness (QED) is 0.815. The van der Waals surface area contributed by atoms with Gasteiger partial charge in [0.25, 0.3) is 0 Å². The SMILES string of the molecule is CC(C)NC(=O)C1COCCN1C(=O)C(C#N)C(C)C. The Morgan fingerprint density at radius 1 is 1.35 bits per heavy atom. The third-order valence-electron chi connectivity index (χ3n) is 3.22. The van der Waals surface area contributed by atoms with Gasteiger partial charge in [0, 0.05) is 12.6 Å². The van der Waals surface area contributed by atoms with Crippen LogP contribution in [0.4, 0.5) is 0 Å². The zero-order valence-corrected chi connectivity index (χ0v) is 12.5. The van der Waals surface area contributed by atoms with Crippen LogP contribution < -0.4 is 5.32 Å². The highest BCUT2D eigenvalue weighted by Crippen LogP contribution is 2.17. The lowest BCUT2D eigenvalue weighted by Gasteiger charge is -2.36. The maximum absolute atomic E-state index is 12.4. The number of nitrogens with one attached hydrogen (secondary N) is 1. The minimum Gasteiger partial charge on any atom is -0.377 e. The molecule has 0 aromatic rings. The molecular formula is C14H23N3O3. The number of carbonyl (C=O) groups is 2. The average Bonchev–Trinajstić information content (AvgIpc) is 2.38. The number of nitriles is 1. The Morgan fingerprint density at radius 3 is 2.50 bits per heavy atom. The largest absolute Gasteiger partial charge is 0.377 e. The van der Waals surface area contributed by atoms with Crippen molar-refractivity contribution in [2.24, 2.45) is 11.8 Å². The summed E-state index contributed by atoms with van der Waals surface area (Å²) >= 11 is 0. The Bertz CT molecular complexity index is 401. The van der Waals surface area contributed by atoms with Gasteiger partial charge in [0.05, 0.1) is 19.3 Å². The minimum absolute atomic E-state index is 0.00163. The number of nitrogens with zero attached hydrogens (tertiary/aromatic N) is 2. The molecule has 2 unspecified atom stereocenters. The monoisotopic (exact) mass is 281 g/mol. The predicted molar refractivity (Wildman–Crippen MR) is 73.5 cm³/mol. The van der Waals surface area contributed by atoms with E-state index in [2.05, 4.69) is 5.32 Å². The summed E-state index contributed by atoms with van der Waals surface area (Å²) in [4.78, 5) is 26.1. The van der Waals surface area contributed by atoms with Crippen molar-refractivity contribution >= 4 is 11.8 Å². The van der Waals surface area contributed by atoms with Gasteiger partial charge < -0.3 is 15.0 Å². The number of carbonyl (C=O) groups excluding carboxylic acids is 2. The molecule has 1 heterocycles. The van der Waals surface area contributed by atoms with Crippen molar-refractivity contribution in [1.82, 2.24) is 10.2 Å². The summed E-state index contributed by atoms with van der Waals surface area (Å²) in [6.07, 6.45) is 0. The van der Waals surface area contributed by atoms with Crippen LogP contribution >= 0.6 is 0 Å². The van der Waals surface area contributed by atoms with Crippen LogP contribution in [-0.4, -0.2) is 48.6 Å². The van der Waals surface area contributed by atoms with Gasteiger partial charge in [-0.25, -0.2) is 0 Å². The molecule has 0 aromatic heterocycles. The molecule has 6 heteroatoms. The maximum atomic E-state index is 12.4. The van der Waals surface area contributed by atoms with Gasteiger partial charge in [-0.05, 0) is 19.8 Å². The molecule has 1 aliphatic heterocycles. The summed E-state index contributed by atoms with van der Waals surface area (Å²) in [6, 6.07) is 1.39. The fourth-order valence-electron chi connectivity index (χ4n) is 2.13. The third kappa shape index (κ3) is 3.94. The number of rotatable bonds is 4. The number of morpholine rings is 1. The Hall–Kier alpha value is -1.61. The van der Waals surface area contributed by atoms with Crippen LogP contribution in [0.1, 0.15) is 27.7 Å². The number of amides is 2. The molecule has 2 amide bonds. The molecule has 0 saturated carbocycles. The lowest BCUT2D eigenvalue weighted by Crippen LogP contribution is -2.58. The summed E-state index contributed by atoms with van der Waals surface area (Å²) in [6.45, 7) is 8.30. The number of hydrogen-bond donors (Lipinski definition) is 1. The fraction of sp³-hybridized carbons (Fsp3) is 0.786. The summed E-state index contributed by atoms with van der Waals surface area (Å²) in [5.74, 6) is -1.31. The second-order valence-corrected chi connectivity index (χ2v) is 5.64. The second-order valence-electron chi connectivity index (χ2n) is 5.64. The van der Waals surface area contributed by atoms with Gasteiger partial charge in [0.1, 0.15) is 12.0 Å². The molecule has 0 aliphatic carbocycles. The molecule has 0 aromatic carbocycles. The topological polar surface area (TPSA) is 82.4 Å². The van der Waals surface area contributed by atoms with E-state index in [1.807, 2.05) is 33.8 Å². The van der Waals surface area contributed by atoms with Crippen molar-refractivity contribution in [1.29, 1.82) is 5.26 Å². The van der Waals surface area contributed by atoms with E-state index in [0.29, 0.717) is 13.2 Å². The highest BCUT2D eigenvalue weighted by Gasteiger charge is 2.37. The van der Waals surface area contributed by atoms with Crippen molar-refractivity contribution in [3.8, 4) is 6.07 Å². The minimum atomic E-state index is -0.720. The lowest BCUT2D eigenvalue weighted by atomic mass is 9.95. The highest BCUT2D eigenvalue weighted by atomic mass is 16.5. The Labute approximate surface area is 120 Å². The molecule has 20 heavy (non-hydrogen) atoms. The van der Waals surface area contributed by atoms with E-state index >= 15 is 0 Å². The molecule has 0 bridgehead atoms. The average molecular weight is 281 g/mol. The third-order valence-corrected chi connectivity index (χ3v) is 3.22. The molecule has 1 fully saturated rings. The zero-order chi connectivity index (χ0) is 15.3. The van der Waals surface area contributed by atoms with Gasteiger partial charge in [-0.2, -0.15) is 5.26 Å². The maximum Gasteiger partial charge on any atom is 0.245 e. The molecule has 1 saturated heterocycles. The van der Waals surface area contributed by atoms with Gasteiger partial charge >= 0.3 is 0 Å². The smallest absolute Gasteiger partial charge is 0.245 e. The Morgan fingerprint density at radius 2 is 2.00 bits per heavy atom. The van der Waals surface area contributed by atoms with Gasteiger partial charge in [-0.1, -0.05) is 13.8 Å². The Kier molecular flexibility index (Phi) is 5.96. The first-order valence-electron chi connectivity index (χ1n) is 6.96. The van der Waals surface area contributed by atoms with Crippen LogP contribution in [0.15, 0.2) is 0 Å². The molecule has 112 valence electrons. The van der Waals surface area contributed by atoms with Crippen LogP contribution in [0.25, 0.3) is 0 Å². The van der Waals surface area contributed by atoms with Crippen LogP contribution in [-0.2, 0) is 14.3 Å². The highest BCUT2D eigenvalue weighted by molar-refractivity contribution is 5.90. The molecule has 1 aliphatic rings. The fourth-order valence-corrected chi connectivity index (χ4v) is 2.13. The molecule has 0 radical (unpaired) electrons. The first-order valence-corrected chi connectivity index (χ1v) is 6.96. The van der Waals surface area contributed by atoms with E-state index in [1.165, 1.54) is 4.90 Å². The summed E-state index contributed by atoms with van der Waals surface area (Å²) in [5, 5.41) is 11.9. The van der Waals surface area contributed by atoms with E-state index in [1.54, 1.807) is 0 Å². The van der Waals surface area contributed by atoms with Crippen molar-refractivity contribution in [3.05, 3.63) is 0 Å². The van der Waals surface area contributed by atoms with Gasteiger partial charge in [-0.3, -0.25) is 9.59 Å². The van der Waals surface area contributed by atoms with E-state index in [9.17, 15) is 9.59 Å². The standard InChI is InChI=1S/C14H23N3O3/c1-9(2)11(7-15)14(19)17-5-6-20-8-12(17)13(18)16-10(3)4/h9-12H,5-6,8H2,1-4H3,(H,16,18). The van der Waals surface area contributed by atoms with E-state index in [-0.39, 0.29) is 30.4 Å². The molecule has 1 N–H and O–H groups in total. The molecule has 2 atom stereocenters. The number of ether oxygens (including phenoxy) is 1. The van der Waals surface area contributed by atoms with Crippen molar-refractivity contribution in [2.45, 2.75) is 39.8 Å². The van der Waals surface area contributed by atoms with E-state index < -0.39 is 12.0 Å². The van der Waals surface area contributed by atoms with Crippen LogP contribution in [0.3, 0.4) is 0 Å². The van der Waals surface area contributed by atoms with E-state index in [0.717, 1.165) is 0 Å². The van der Waals surface area contributed by atoms with Crippen LogP contribution in [0.5, 0.6) is 0 Å². The van der Waals surface area contributed by atoms with Crippen molar-refractivity contribution in [3.63, 3.8) is 0 Å².